The highest BCUT2D eigenvalue weighted by atomic mass is 35.5. The van der Waals surface area contributed by atoms with Crippen LogP contribution in [0.2, 0.25) is 5.02 Å². The monoisotopic (exact) mass is 308 g/mol. The molecular formula is C17H25ClN2O. The summed E-state index contributed by atoms with van der Waals surface area (Å²) in [5, 5.41) is 3.72. The van der Waals surface area contributed by atoms with Gasteiger partial charge in [-0.15, -0.1) is 0 Å². The highest BCUT2D eigenvalue weighted by Gasteiger charge is 2.26. The number of carbonyl (C=O) groups is 1. The van der Waals surface area contributed by atoms with Crippen LogP contribution >= 0.6 is 11.6 Å². The van der Waals surface area contributed by atoms with Gasteiger partial charge in [-0.25, -0.2) is 0 Å². The van der Waals surface area contributed by atoms with E-state index in [2.05, 4.69) is 24.1 Å². The first-order valence-corrected chi connectivity index (χ1v) is 8.21. The standard InChI is InChI=1S/C17H25ClN2O/c1-13(2)20(16-5-3-4-6-16)12-17(21)19-11-14-7-9-15(18)10-8-14/h7-10,13,16H,3-6,11-12H2,1-2H3,(H,19,21). The van der Waals surface area contributed by atoms with E-state index in [0.717, 1.165) is 10.6 Å². The summed E-state index contributed by atoms with van der Waals surface area (Å²) in [6, 6.07) is 8.57. The zero-order valence-electron chi connectivity index (χ0n) is 12.9. The van der Waals surface area contributed by atoms with Crippen molar-refractivity contribution in [3.63, 3.8) is 0 Å². The van der Waals surface area contributed by atoms with Crippen LogP contribution in [-0.4, -0.2) is 29.4 Å². The lowest BCUT2D eigenvalue weighted by atomic mass is 10.1. The van der Waals surface area contributed by atoms with Crippen molar-refractivity contribution in [2.24, 2.45) is 0 Å². The maximum atomic E-state index is 12.2. The summed E-state index contributed by atoms with van der Waals surface area (Å²) in [5.41, 5.74) is 1.07. The highest BCUT2D eigenvalue weighted by Crippen LogP contribution is 2.24. The maximum absolute atomic E-state index is 12.2. The average molecular weight is 309 g/mol. The molecule has 0 aliphatic heterocycles. The number of amides is 1. The van der Waals surface area contributed by atoms with Crippen LogP contribution in [-0.2, 0) is 11.3 Å². The van der Waals surface area contributed by atoms with Crippen molar-refractivity contribution in [2.75, 3.05) is 6.54 Å². The fraction of sp³-hybridized carbons (Fsp3) is 0.588. The summed E-state index contributed by atoms with van der Waals surface area (Å²) < 4.78 is 0. The summed E-state index contributed by atoms with van der Waals surface area (Å²) in [6.07, 6.45) is 5.03. The lowest BCUT2D eigenvalue weighted by Gasteiger charge is -2.31. The predicted molar refractivity (Wildman–Crippen MR) is 87.4 cm³/mol. The summed E-state index contributed by atoms with van der Waals surface area (Å²) in [5.74, 6) is 0.102. The van der Waals surface area contributed by atoms with Gasteiger partial charge < -0.3 is 5.32 Å². The predicted octanol–water partition coefficient (Wildman–Crippen LogP) is 3.61. The van der Waals surface area contributed by atoms with E-state index in [9.17, 15) is 4.79 Å². The average Bonchev–Trinajstić information content (AvgIpc) is 2.97. The van der Waals surface area contributed by atoms with Gasteiger partial charge in [-0.1, -0.05) is 36.6 Å². The quantitative estimate of drug-likeness (QED) is 0.870. The molecule has 1 aliphatic carbocycles. The third kappa shape index (κ3) is 5.01. The Labute approximate surface area is 132 Å². The van der Waals surface area contributed by atoms with Gasteiger partial charge >= 0.3 is 0 Å². The molecule has 2 rings (SSSR count). The molecule has 116 valence electrons. The topological polar surface area (TPSA) is 32.3 Å². The fourth-order valence-corrected chi connectivity index (χ4v) is 3.12. The fourth-order valence-electron chi connectivity index (χ4n) is 2.99. The number of rotatable bonds is 6. The van der Waals surface area contributed by atoms with Crippen LogP contribution < -0.4 is 5.32 Å². The van der Waals surface area contributed by atoms with E-state index in [1.165, 1.54) is 25.7 Å². The van der Waals surface area contributed by atoms with Crippen LogP contribution in [0.3, 0.4) is 0 Å². The van der Waals surface area contributed by atoms with Crippen LogP contribution in [0, 0.1) is 0 Å². The molecular weight excluding hydrogens is 284 g/mol. The largest absolute Gasteiger partial charge is 0.351 e. The van der Waals surface area contributed by atoms with Gasteiger partial charge in [0, 0.05) is 23.7 Å². The minimum Gasteiger partial charge on any atom is -0.351 e. The van der Waals surface area contributed by atoms with Crippen LogP contribution in [0.4, 0.5) is 0 Å². The SMILES string of the molecule is CC(C)N(CC(=O)NCc1ccc(Cl)cc1)C1CCCC1. The first kappa shape index (κ1) is 16.3. The van der Waals surface area contributed by atoms with Crippen molar-refractivity contribution in [3.05, 3.63) is 34.9 Å². The van der Waals surface area contributed by atoms with Gasteiger partial charge in [0.1, 0.15) is 0 Å². The molecule has 21 heavy (non-hydrogen) atoms. The number of hydrogen-bond donors (Lipinski definition) is 1. The molecule has 0 saturated heterocycles. The van der Waals surface area contributed by atoms with Gasteiger partial charge in [0.2, 0.25) is 5.91 Å². The lowest BCUT2D eigenvalue weighted by molar-refractivity contribution is -0.123. The number of nitrogens with zero attached hydrogens (tertiary/aromatic N) is 1. The van der Waals surface area contributed by atoms with Crippen LogP contribution in [0.25, 0.3) is 0 Å². The molecule has 1 aromatic carbocycles. The summed E-state index contributed by atoms with van der Waals surface area (Å²) in [4.78, 5) is 14.5. The molecule has 0 aromatic heterocycles. The number of carbonyl (C=O) groups excluding carboxylic acids is 1. The Morgan fingerprint density at radius 3 is 2.48 bits per heavy atom. The molecule has 0 bridgehead atoms. The van der Waals surface area contributed by atoms with Crippen LogP contribution in [0.1, 0.15) is 45.1 Å². The van der Waals surface area contributed by atoms with Gasteiger partial charge in [-0.2, -0.15) is 0 Å². The Hall–Kier alpha value is -1.06. The second-order valence-electron chi connectivity index (χ2n) is 6.11. The first-order valence-electron chi connectivity index (χ1n) is 7.83. The minimum atomic E-state index is 0.102. The molecule has 1 amide bonds. The molecule has 4 heteroatoms. The Kier molecular flexibility index (Phi) is 6.07. The van der Waals surface area contributed by atoms with Crippen molar-refractivity contribution in [2.45, 2.75) is 58.2 Å². The van der Waals surface area contributed by atoms with Crippen molar-refractivity contribution in [3.8, 4) is 0 Å². The third-order valence-corrected chi connectivity index (χ3v) is 4.44. The maximum Gasteiger partial charge on any atom is 0.234 e. The number of halogens is 1. The van der Waals surface area contributed by atoms with Crippen LogP contribution in [0.5, 0.6) is 0 Å². The van der Waals surface area contributed by atoms with Gasteiger partial charge in [0.05, 0.1) is 6.54 Å². The van der Waals surface area contributed by atoms with E-state index in [0.29, 0.717) is 25.2 Å². The Morgan fingerprint density at radius 2 is 1.90 bits per heavy atom. The van der Waals surface area contributed by atoms with E-state index in [4.69, 9.17) is 11.6 Å². The molecule has 0 unspecified atom stereocenters. The first-order chi connectivity index (χ1) is 10.1. The zero-order chi connectivity index (χ0) is 15.2. The summed E-state index contributed by atoms with van der Waals surface area (Å²) in [6.45, 7) is 5.40. The number of hydrogen-bond acceptors (Lipinski definition) is 2. The minimum absolute atomic E-state index is 0.102. The molecule has 1 fully saturated rings. The molecule has 3 nitrogen and oxygen atoms in total. The molecule has 1 aliphatic rings. The van der Waals surface area contributed by atoms with E-state index in [1.807, 2.05) is 24.3 Å². The molecule has 0 heterocycles. The van der Waals surface area contributed by atoms with Crippen molar-refractivity contribution in [1.29, 1.82) is 0 Å². The second kappa shape index (κ2) is 7.81. The Bertz CT molecular complexity index is 452. The van der Waals surface area contributed by atoms with Gasteiger partial charge in [0.25, 0.3) is 0 Å². The summed E-state index contributed by atoms with van der Waals surface area (Å²) >= 11 is 5.86. The molecule has 1 saturated carbocycles. The van der Waals surface area contributed by atoms with E-state index in [1.54, 1.807) is 0 Å². The normalized spacial score (nSPS) is 15.9. The highest BCUT2D eigenvalue weighted by molar-refractivity contribution is 6.30. The number of benzene rings is 1. The zero-order valence-corrected chi connectivity index (χ0v) is 13.7. The van der Waals surface area contributed by atoms with Gasteiger partial charge in [-0.3, -0.25) is 9.69 Å². The van der Waals surface area contributed by atoms with Gasteiger partial charge in [0.15, 0.2) is 0 Å². The van der Waals surface area contributed by atoms with Crippen LogP contribution in [0.15, 0.2) is 24.3 Å². The molecule has 0 radical (unpaired) electrons. The van der Waals surface area contributed by atoms with E-state index >= 15 is 0 Å². The Morgan fingerprint density at radius 1 is 1.29 bits per heavy atom. The smallest absolute Gasteiger partial charge is 0.234 e. The number of nitrogens with one attached hydrogen (secondary N) is 1. The second-order valence-corrected chi connectivity index (χ2v) is 6.54. The van der Waals surface area contributed by atoms with Gasteiger partial charge in [-0.05, 0) is 44.4 Å². The molecule has 0 spiro atoms. The third-order valence-electron chi connectivity index (χ3n) is 4.19. The molecule has 0 atom stereocenters. The molecule has 1 N–H and O–H groups in total. The lowest BCUT2D eigenvalue weighted by Crippen LogP contribution is -2.45. The van der Waals surface area contributed by atoms with E-state index < -0.39 is 0 Å². The molecule has 1 aromatic rings. The van der Waals surface area contributed by atoms with E-state index in [-0.39, 0.29) is 5.91 Å². The summed E-state index contributed by atoms with van der Waals surface area (Å²) in [7, 11) is 0. The Balaban J connectivity index is 1.83. The van der Waals surface area contributed by atoms with Crippen molar-refractivity contribution in [1.82, 2.24) is 10.2 Å². The van der Waals surface area contributed by atoms with Crippen molar-refractivity contribution < 1.29 is 4.79 Å². The van der Waals surface area contributed by atoms with Crippen molar-refractivity contribution >= 4 is 17.5 Å².